The molecule has 1 aromatic carbocycles. The predicted molar refractivity (Wildman–Crippen MR) is 108 cm³/mol. The number of nitrogens with zero attached hydrogens (tertiary/aromatic N) is 4. The summed E-state index contributed by atoms with van der Waals surface area (Å²) in [7, 11) is 0. The van der Waals surface area contributed by atoms with Gasteiger partial charge in [0.05, 0.1) is 11.6 Å². The fourth-order valence-corrected chi connectivity index (χ4v) is 4.38. The third-order valence-electron chi connectivity index (χ3n) is 6.40. The maximum atomic E-state index is 12.8. The van der Waals surface area contributed by atoms with Gasteiger partial charge in [-0.1, -0.05) is 12.1 Å². The first-order valence-electron chi connectivity index (χ1n) is 10.3. The first kappa shape index (κ1) is 18.1. The molecular formula is C22H24N4O3. The van der Waals surface area contributed by atoms with Crippen molar-refractivity contribution in [2.45, 2.75) is 38.6 Å². The molecule has 1 atom stereocenters. The lowest BCUT2D eigenvalue weighted by molar-refractivity contribution is -0.146. The van der Waals surface area contributed by atoms with Gasteiger partial charge in [0.25, 0.3) is 5.91 Å². The Hall–Kier alpha value is -2.96. The zero-order valence-corrected chi connectivity index (χ0v) is 16.5. The number of fused-ring (bicyclic) bond motifs is 1. The van der Waals surface area contributed by atoms with Crippen LogP contribution in [-0.4, -0.2) is 57.5 Å². The molecule has 150 valence electrons. The van der Waals surface area contributed by atoms with Crippen molar-refractivity contribution in [3.05, 3.63) is 41.1 Å². The first-order valence-corrected chi connectivity index (χ1v) is 10.3. The number of hydrogen-bond acceptors (Lipinski definition) is 5. The van der Waals surface area contributed by atoms with E-state index in [4.69, 9.17) is 15.1 Å². The van der Waals surface area contributed by atoms with E-state index in [9.17, 15) is 9.59 Å². The molecule has 2 fully saturated rings. The van der Waals surface area contributed by atoms with Crippen LogP contribution >= 0.6 is 0 Å². The maximum absolute atomic E-state index is 12.8. The van der Waals surface area contributed by atoms with Crippen LogP contribution in [0.4, 0.5) is 5.95 Å². The summed E-state index contributed by atoms with van der Waals surface area (Å²) in [5.41, 5.74) is 4.77. The van der Waals surface area contributed by atoms with Crippen molar-refractivity contribution in [1.29, 1.82) is 0 Å². The number of carboxylic acid groups (broad SMARTS) is 1. The van der Waals surface area contributed by atoms with Crippen molar-refractivity contribution in [2.75, 3.05) is 24.5 Å². The number of carbonyl (C=O) groups is 2. The Morgan fingerprint density at radius 2 is 2.00 bits per heavy atom. The van der Waals surface area contributed by atoms with Gasteiger partial charge in [-0.25, -0.2) is 9.97 Å². The molecule has 0 unspecified atom stereocenters. The van der Waals surface area contributed by atoms with E-state index in [0.717, 1.165) is 55.1 Å². The molecule has 7 heteroatoms. The third kappa shape index (κ3) is 3.05. The second-order valence-electron chi connectivity index (χ2n) is 8.31. The van der Waals surface area contributed by atoms with E-state index in [1.54, 1.807) is 11.0 Å². The van der Waals surface area contributed by atoms with Crippen LogP contribution in [0.3, 0.4) is 0 Å². The lowest BCUT2D eigenvalue weighted by Gasteiger charge is -2.39. The highest BCUT2D eigenvalue weighted by molar-refractivity contribution is 5.96. The standard InChI is InChI=1S/C22H24N4O3/c1-13-8-9-26(13)22-23-18-7-3-6-17(18)19(24-22)14-4-2-5-15(10-14)20(27)25-11-16(12-25)21(28)29/h2,4-5,10,13,16H,3,6-9,11-12H2,1H3,(H,28,29)/t13-/m0/s1. The number of carboxylic acids is 1. The molecule has 2 aromatic rings. The van der Waals surface area contributed by atoms with Crippen LogP contribution in [0.2, 0.25) is 0 Å². The van der Waals surface area contributed by atoms with E-state index in [0.29, 0.717) is 11.6 Å². The van der Waals surface area contributed by atoms with Gasteiger partial charge >= 0.3 is 5.97 Å². The van der Waals surface area contributed by atoms with Gasteiger partial charge in [0.15, 0.2) is 0 Å². The van der Waals surface area contributed by atoms with Crippen molar-refractivity contribution in [3.8, 4) is 11.3 Å². The molecule has 0 bridgehead atoms. The van der Waals surface area contributed by atoms with Crippen LogP contribution in [0.15, 0.2) is 24.3 Å². The van der Waals surface area contributed by atoms with E-state index >= 15 is 0 Å². The highest BCUT2D eigenvalue weighted by Crippen LogP contribution is 2.34. The Labute approximate surface area is 169 Å². The largest absolute Gasteiger partial charge is 0.481 e. The molecule has 2 aliphatic heterocycles. The van der Waals surface area contributed by atoms with Gasteiger partial charge < -0.3 is 14.9 Å². The number of hydrogen-bond donors (Lipinski definition) is 1. The second kappa shape index (κ2) is 6.83. The van der Waals surface area contributed by atoms with Crippen molar-refractivity contribution >= 4 is 17.8 Å². The van der Waals surface area contributed by atoms with E-state index in [1.165, 1.54) is 5.56 Å². The summed E-state index contributed by atoms with van der Waals surface area (Å²) in [5, 5.41) is 9.04. The van der Waals surface area contributed by atoms with Gasteiger partial charge in [0.2, 0.25) is 5.95 Å². The van der Waals surface area contributed by atoms with Crippen molar-refractivity contribution in [1.82, 2.24) is 14.9 Å². The van der Waals surface area contributed by atoms with E-state index in [2.05, 4.69) is 11.8 Å². The summed E-state index contributed by atoms with van der Waals surface area (Å²) in [6, 6.07) is 8.02. The minimum Gasteiger partial charge on any atom is -0.481 e. The molecule has 1 aromatic heterocycles. The minimum absolute atomic E-state index is 0.119. The molecule has 7 nitrogen and oxygen atoms in total. The lowest BCUT2D eigenvalue weighted by Crippen LogP contribution is -2.53. The van der Waals surface area contributed by atoms with Crippen LogP contribution in [0.1, 0.15) is 41.4 Å². The van der Waals surface area contributed by atoms with Crippen LogP contribution in [0.25, 0.3) is 11.3 Å². The smallest absolute Gasteiger partial charge is 0.310 e. The summed E-state index contributed by atoms with van der Waals surface area (Å²) in [6.07, 6.45) is 4.18. The molecule has 0 spiro atoms. The normalized spacial score (nSPS) is 20.8. The van der Waals surface area contributed by atoms with Crippen LogP contribution in [0, 0.1) is 5.92 Å². The summed E-state index contributed by atoms with van der Waals surface area (Å²) < 4.78 is 0. The van der Waals surface area contributed by atoms with E-state index in [-0.39, 0.29) is 19.0 Å². The van der Waals surface area contributed by atoms with Gasteiger partial charge in [-0.3, -0.25) is 9.59 Å². The molecule has 2 saturated heterocycles. The lowest BCUT2D eigenvalue weighted by atomic mass is 9.97. The average molecular weight is 392 g/mol. The molecule has 3 aliphatic rings. The van der Waals surface area contributed by atoms with Gasteiger partial charge in [0, 0.05) is 48.1 Å². The van der Waals surface area contributed by atoms with Gasteiger partial charge in [0.1, 0.15) is 0 Å². The fraction of sp³-hybridized carbons (Fsp3) is 0.455. The van der Waals surface area contributed by atoms with Gasteiger partial charge in [-0.2, -0.15) is 0 Å². The Morgan fingerprint density at radius 1 is 1.17 bits per heavy atom. The van der Waals surface area contributed by atoms with Crippen LogP contribution in [-0.2, 0) is 17.6 Å². The highest BCUT2D eigenvalue weighted by atomic mass is 16.4. The van der Waals surface area contributed by atoms with E-state index in [1.807, 2.05) is 18.2 Å². The van der Waals surface area contributed by atoms with Crippen molar-refractivity contribution < 1.29 is 14.7 Å². The molecule has 1 N–H and O–H groups in total. The molecule has 0 saturated carbocycles. The number of rotatable bonds is 4. The molecule has 5 rings (SSSR count). The number of aliphatic carboxylic acids is 1. The second-order valence-corrected chi connectivity index (χ2v) is 8.31. The molecule has 1 amide bonds. The molecule has 1 aliphatic carbocycles. The topological polar surface area (TPSA) is 86.6 Å². The maximum Gasteiger partial charge on any atom is 0.310 e. The molecular weight excluding hydrogens is 368 g/mol. The quantitative estimate of drug-likeness (QED) is 0.860. The summed E-state index contributed by atoms with van der Waals surface area (Å²) in [4.78, 5) is 37.4. The van der Waals surface area contributed by atoms with Crippen molar-refractivity contribution in [2.24, 2.45) is 5.92 Å². The van der Waals surface area contributed by atoms with Crippen LogP contribution < -0.4 is 4.90 Å². The monoisotopic (exact) mass is 392 g/mol. The molecule has 3 heterocycles. The van der Waals surface area contributed by atoms with Gasteiger partial charge in [-0.15, -0.1) is 0 Å². The molecule has 29 heavy (non-hydrogen) atoms. The number of amides is 1. The minimum atomic E-state index is -0.841. The first-order chi connectivity index (χ1) is 14.0. The number of carbonyl (C=O) groups excluding carboxylic acids is 1. The van der Waals surface area contributed by atoms with Gasteiger partial charge in [-0.05, 0) is 44.7 Å². The highest BCUT2D eigenvalue weighted by Gasteiger charge is 2.36. The van der Waals surface area contributed by atoms with Crippen LogP contribution in [0.5, 0.6) is 0 Å². The average Bonchev–Trinajstić information content (AvgIpc) is 3.13. The number of aromatic nitrogens is 2. The Balaban J connectivity index is 1.46. The summed E-state index contributed by atoms with van der Waals surface area (Å²) in [6.45, 7) is 3.73. The fourth-order valence-electron chi connectivity index (χ4n) is 4.38. The summed E-state index contributed by atoms with van der Waals surface area (Å²) >= 11 is 0. The number of anilines is 1. The summed E-state index contributed by atoms with van der Waals surface area (Å²) in [5.74, 6) is -0.616. The zero-order valence-electron chi connectivity index (χ0n) is 16.5. The Morgan fingerprint density at radius 3 is 2.69 bits per heavy atom. The Bertz CT molecular complexity index is 1000. The predicted octanol–water partition coefficient (Wildman–Crippen LogP) is 2.39. The SMILES string of the molecule is C[C@H]1CCN1c1nc2c(c(-c3cccc(C(=O)N4CC(C(=O)O)C4)c3)n1)CCC2. The number of benzene rings is 1. The number of aryl methyl sites for hydroxylation is 1. The number of likely N-dealkylation sites (tertiary alicyclic amines) is 1. The Kier molecular flexibility index (Phi) is 4.26. The molecule has 0 radical (unpaired) electrons. The van der Waals surface area contributed by atoms with Crippen molar-refractivity contribution in [3.63, 3.8) is 0 Å². The third-order valence-corrected chi connectivity index (χ3v) is 6.40. The van der Waals surface area contributed by atoms with E-state index < -0.39 is 11.9 Å². The zero-order chi connectivity index (χ0) is 20.1.